The molecule has 0 spiro atoms. The average molecular weight is 274 g/mol. The van der Waals surface area contributed by atoms with Gasteiger partial charge in [-0.2, -0.15) is 0 Å². The summed E-state index contributed by atoms with van der Waals surface area (Å²) in [6.45, 7) is 5.32. The molecule has 0 aromatic heterocycles. The molecule has 0 aliphatic carbocycles. The van der Waals surface area contributed by atoms with E-state index in [1.807, 2.05) is 18.2 Å². The smallest absolute Gasteiger partial charge is 0.125 e. The van der Waals surface area contributed by atoms with Crippen molar-refractivity contribution in [3.05, 3.63) is 40.4 Å². The van der Waals surface area contributed by atoms with E-state index in [0.29, 0.717) is 24.2 Å². The van der Waals surface area contributed by atoms with Gasteiger partial charge in [0.1, 0.15) is 12.4 Å². The molecule has 0 saturated carbocycles. The monoisotopic (exact) mass is 273 g/mol. The van der Waals surface area contributed by atoms with Gasteiger partial charge in [-0.15, -0.1) is 0 Å². The zero-order chi connectivity index (χ0) is 12.7. The lowest BCUT2D eigenvalue weighted by Gasteiger charge is -2.14. The molecule has 1 rings (SSSR count). The molecule has 1 aromatic rings. The van der Waals surface area contributed by atoms with Crippen LogP contribution in [0.3, 0.4) is 0 Å². The maximum Gasteiger partial charge on any atom is 0.125 e. The molecule has 17 heavy (non-hydrogen) atoms. The molecule has 0 bridgehead atoms. The third-order valence-electron chi connectivity index (χ3n) is 2.19. The van der Waals surface area contributed by atoms with Gasteiger partial charge >= 0.3 is 0 Å². The molecule has 0 saturated heterocycles. The quantitative estimate of drug-likeness (QED) is 0.847. The van der Waals surface area contributed by atoms with Crippen molar-refractivity contribution < 1.29 is 4.74 Å². The minimum Gasteiger partial charge on any atom is -0.489 e. The molecule has 1 N–H and O–H groups in total. The minimum atomic E-state index is 0.405. The molecule has 0 radical (unpaired) electrons. The van der Waals surface area contributed by atoms with Crippen LogP contribution in [-0.2, 0) is 6.54 Å². The van der Waals surface area contributed by atoms with Gasteiger partial charge in [0.05, 0.1) is 0 Å². The van der Waals surface area contributed by atoms with Crippen LogP contribution in [0, 0.1) is 0 Å². The first-order valence-corrected chi connectivity index (χ1v) is 6.35. The summed E-state index contributed by atoms with van der Waals surface area (Å²) in [6, 6.07) is 6.05. The highest BCUT2D eigenvalue weighted by Gasteiger charge is 2.08. The van der Waals surface area contributed by atoms with Gasteiger partial charge in [0.25, 0.3) is 0 Å². The number of halogens is 2. The van der Waals surface area contributed by atoms with Gasteiger partial charge < -0.3 is 10.1 Å². The Balaban J connectivity index is 2.76. The van der Waals surface area contributed by atoms with E-state index in [1.54, 1.807) is 6.08 Å². The van der Waals surface area contributed by atoms with Gasteiger partial charge in [0, 0.05) is 28.7 Å². The van der Waals surface area contributed by atoms with E-state index in [-0.39, 0.29) is 0 Å². The van der Waals surface area contributed by atoms with Crippen molar-refractivity contribution in [2.45, 2.75) is 26.4 Å². The van der Waals surface area contributed by atoms with Gasteiger partial charge in [-0.3, -0.25) is 0 Å². The highest BCUT2D eigenvalue weighted by atomic mass is 35.5. The molecule has 4 heteroatoms. The highest BCUT2D eigenvalue weighted by molar-refractivity contribution is 6.31. The standard InChI is InChI=1S/C13H17Cl2NO/c1-10(2)16-9-11-12(15)5-3-6-13(11)17-8-4-7-14/h3-7,10,16H,8-9H2,1-2H3/b7-4+. The molecule has 0 atom stereocenters. The zero-order valence-corrected chi connectivity index (χ0v) is 11.6. The van der Waals surface area contributed by atoms with Crippen LogP contribution in [-0.4, -0.2) is 12.6 Å². The van der Waals surface area contributed by atoms with Gasteiger partial charge in [-0.1, -0.05) is 43.1 Å². The normalized spacial score (nSPS) is 11.4. The fraction of sp³-hybridized carbons (Fsp3) is 0.385. The summed E-state index contributed by atoms with van der Waals surface area (Å²) in [7, 11) is 0. The third-order valence-corrected chi connectivity index (χ3v) is 2.72. The Morgan fingerprint density at radius 2 is 2.18 bits per heavy atom. The van der Waals surface area contributed by atoms with E-state index in [4.69, 9.17) is 27.9 Å². The van der Waals surface area contributed by atoms with Crippen LogP contribution >= 0.6 is 23.2 Å². The fourth-order valence-electron chi connectivity index (χ4n) is 1.33. The third kappa shape index (κ3) is 4.99. The van der Waals surface area contributed by atoms with E-state index in [1.165, 1.54) is 5.54 Å². The van der Waals surface area contributed by atoms with Crippen LogP contribution in [0.25, 0.3) is 0 Å². The Labute approximate surface area is 113 Å². The molecule has 1 aromatic carbocycles. The highest BCUT2D eigenvalue weighted by Crippen LogP contribution is 2.26. The molecule has 94 valence electrons. The number of hydrogen-bond donors (Lipinski definition) is 1. The number of nitrogens with one attached hydrogen (secondary N) is 1. The van der Waals surface area contributed by atoms with Crippen LogP contribution in [0.5, 0.6) is 5.75 Å². The van der Waals surface area contributed by atoms with E-state index in [9.17, 15) is 0 Å². The zero-order valence-electron chi connectivity index (χ0n) is 10.0. The molecular formula is C13H17Cl2NO. The van der Waals surface area contributed by atoms with Crippen LogP contribution in [0.4, 0.5) is 0 Å². The van der Waals surface area contributed by atoms with E-state index >= 15 is 0 Å². The molecule has 0 fully saturated rings. The Morgan fingerprint density at radius 1 is 1.41 bits per heavy atom. The number of hydrogen-bond acceptors (Lipinski definition) is 2. The Morgan fingerprint density at radius 3 is 2.82 bits per heavy atom. The number of benzene rings is 1. The second-order valence-corrected chi connectivity index (χ2v) is 4.58. The molecule has 2 nitrogen and oxygen atoms in total. The van der Waals surface area contributed by atoms with Gasteiger partial charge in [-0.05, 0) is 18.2 Å². The first kappa shape index (κ1) is 14.4. The van der Waals surface area contributed by atoms with Gasteiger partial charge in [0.2, 0.25) is 0 Å². The van der Waals surface area contributed by atoms with Crippen LogP contribution in [0.2, 0.25) is 5.02 Å². The summed E-state index contributed by atoms with van der Waals surface area (Å²) in [5.74, 6) is 0.792. The fourth-order valence-corrected chi connectivity index (χ4v) is 1.63. The molecule has 0 unspecified atom stereocenters. The van der Waals surface area contributed by atoms with Crippen molar-refractivity contribution in [1.82, 2.24) is 5.32 Å². The first-order valence-electron chi connectivity index (χ1n) is 5.54. The lowest BCUT2D eigenvalue weighted by Crippen LogP contribution is -2.22. The maximum atomic E-state index is 6.16. The minimum absolute atomic E-state index is 0.405. The molecular weight excluding hydrogens is 257 g/mol. The summed E-state index contributed by atoms with van der Waals surface area (Å²) in [5.41, 5.74) is 2.42. The van der Waals surface area contributed by atoms with Gasteiger partial charge in [0.15, 0.2) is 0 Å². The summed E-state index contributed by atoms with van der Waals surface area (Å²) in [4.78, 5) is 0. The lowest BCUT2D eigenvalue weighted by atomic mass is 10.2. The lowest BCUT2D eigenvalue weighted by molar-refractivity contribution is 0.357. The predicted molar refractivity (Wildman–Crippen MR) is 73.9 cm³/mol. The van der Waals surface area contributed by atoms with E-state index < -0.39 is 0 Å². The Hall–Kier alpha value is -0.700. The largest absolute Gasteiger partial charge is 0.489 e. The van der Waals surface area contributed by atoms with Crippen molar-refractivity contribution in [2.24, 2.45) is 0 Å². The second-order valence-electron chi connectivity index (χ2n) is 3.92. The molecule has 0 heterocycles. The number of ether oxygens (including phenoxy) is 1. The average Bonchev–Trinajstić information content (AvgIpc) is 2.28. The van der Waals surface area contributed by atoms with E-state index in [0.717, 1.165) is 11.3 Å². The van der Waals surface area contributed by atoms with Crippen molar-refractivity contribution in [1.29, 1.82) is 0 Å². The van der Waals surface area contributed by atoms with Crippen molar-refractivity contribution in [3.63, 3.8) is 0 Å². The SMILES string of the molecule is CC(C)NCc1c(Cl)cccc1OC/C=C/Cl. The van der Waals surface area contributed by atoms with Crippen LogP contribution < -0.4 is 10.1 Å². The first-order chi connectivity index (χ1) is 8.15. The molecule has 0 aliphatic rings. The van der Waals surface area contributed by atoms with Crippen LogP contribution in [0.1, 0.15) is 19.4 Å². The summed E-state index contributed by atoms with van der Waals surface area (Å²) in [6.07, 6.45) is 1.74. The maximum absolute atomic E-state index is 6.16. The Kier molecular flexibility index (Phi) is 6.41. The predicted octanol–water partition coefficient (Wildman–Crippen LogP) is 3.97. The van der Waals surface area contributed by atoms with Crippen molar-refractivity contribution in [3.8, 4) is 5.75 Å². The molecule has 0 amide bonds. The Bertz CT molecular complexity index is 378. The summed E-state index contributed by atoms with van der Waals surface area (Å²) in [5, 5.41) is 4.04. The summed E-state index contributed by atoms with van der Waals surface area (Å²) < 4.78 is 5.59. The van der Waals surface area contributed by atoms with Crippen molar-refractivity contribution >= 4 is 23.2 Å². The van der Waals surface area contributed by atoms with E-state index in [2.05, 4.69) is 19.2 Å². The van der Waals surface area contributed by atoms with Gasteiger partial charge in [-0.25, -0.2) is 0 Å². The second kappa shape index (κ2) is 7.59. The number of rotatable bonds is 6. The summed E-state index contributed by atoms with van der Waals surface area (Å²) >= 11 is 11.6. The topological polar surface area (TPSA) is 21.3 Å². The van der Waals surface area contributed by atoms with Crippen molar-refractivity contribution in [2.75, 3.05) is 6.61 Å². The van der Waals surface area contributed by atoms with Crippen LogP contribution in [0.15, 0.2) is 29.8 Å². The molecule has 0 aliphatic heterocycles.